The second-order valence-electron chi connectivity index (χ2n) is 5.88. The van der Waals surface area contributed by atoms with Gasteiger partial charge in [-0.25, -0.2) is 0 Å². The van der Waals surface area contributed by atoms with Gasteiger partial charge in [-0.15, -0.1) is 0 Å². The first-order valence-electron chi connectivity index (χ1n) is 8.42. The lowest BCUT2D eigenvalue weighted by Crippen LogP contribution is -2.16. The van der Waals surface area contributed by atoms with Gasteiger partial charge in [0.05, 0.1) is 0 Å². The van der Waals surface area contributed by atoms with E-state index < -0.39 is 0 Å². The molecule has 1 N–H and O–H groups in total. The predicted molar refractivity (Wildman–Crippen MR) is 103 cm³/mol. The van der Waals surface area contributed by atoms with Crippen molar-refractivity contribution in [2.75, 3.05) is 5.32 Å². The van der Waals surface area contributed by atoms with Crippen LogP contribution in [0.1, 0.15) is 11.1 Å². The molecule has 1 unspecified atom stereocenters. The SMILES string of the molecule is C1=CC(Nc2ccccc2)OC1=C(c1ccccc1)c1ccccc1. The van der Waals surface area contributed by atoms with E-state index in [-0.39, 0.29) is 6.23 Å². The van der Waals surface area contributed by atoms with Crippen LogP contribution in [-0.4, -0.2) is 6.23 Å². The second kappa shape index (κ2) is 7.10. The minimum Gasteiger partial charge on any atom is -0.466 e. The summed E-state index contributed by atoms with van der Waals surface area (Å²) in [6.45, 7) is 0. The van der Waals surface area contributed by atoms with Crippen LogP contribution in [0.3, 0.4) is 0 Å². The van der Waals surface area contributed by atoms with Gasteiger partial charge in [0.1, 0.15) is 5.76 Å². The van der Waals surface area contributed by atoms with E-state index in [1.807, 2.05) is 48.5 Å². The molecule has 122 valence electrons. The van der Waals surface area contributed by atoms with Gasteiger partial charge in [-0.2, -0.15) is 0 Å². The predicted octanol–water partition coefficient (Wildman–Crippen LogP) is 5.47. The van der Waals surface area contributed by atoms with Crippen LogP contribution >= 0.6 is 0 Å². The summed E-state index contributed by atoms with van der Waals surface area (Å²) in [5, 5.41) is 3.39. The molecule has 0 spiro atoms. The van der Waals surface area contributed by atoms with Gasteiger partial charge in [0.2, 0.25) is 0 Å². The molecule has 0 amide bonds. The van der Waals surface area contributed by atoms with Crippen molar-refractivity contribution in [3.63, 3.8) is 0 Å². The number of rotatable bonds is 4. The second-order valence-corrected chi connectivity index (χ2v) is 5.88. The molecule has 0 fully saturated rings. The van der Waals surface area contributed by atoms with Gasteiger partial charge in [0, 0.05) is 11.3 Å². The molecule has 0 aromatic heterocycles. The van der Waals surface area contributed by atoms with Crippen LogP contribution in [-0.2, 0) is 4.74 Å². The summed E-state index contributed by atoms with van der Waals surface area (Å²) in [6.07, 6.45) is 3.93. The van der Waals surface area contributed by atoms with Gasteiger partial charge >= 0.3 is 0 Å². The quantitative estimate of drug-likeness (QED) is 0.686. The molecular weight excluding hydrogens is 306 g/mol. The molecule has 3 aromatic carbocycles. The summed E-state index contributed by atoms with van der Waals surface area (Å²) < 4.78 is 6.19. The van der Waals surface area contributed by atoms with E-state index in [0.717, 1.165) is 28.1 Å². The Bertz CT molecular complexity index is 842. The summed E-state index contributed by atoms with van der Waals surface area (Å²) in [6, 6.07) is 30.8. The molecule has 2 nitrogen and oxygen atoms in total. The van der Waals surface area contributed by atoms with Crippen LogP contribution < -0.4 is 5.32 Å². The highest BCUT2D eigenvalue weighted by atomic mass is 16.5. The number of hydrogen-bond acceptors (Lipinski definition) is 2. The Kier molecular flexibility index (Phi) is 4.34. The molecule has 2 heteroatoms. The zero-order chi connectivity index (χ0) is 16.9. The third-order valence-electron chi connectivity index (χ3n) is 4.13. The van der Waals surface area contributed by atoms with E-state index in [0.29, 0.717) is 0 Å². The van der Waals surface area contributed by atoms with Gasteiger partial charge in [-0.05, 0) is 35.4 Å². The van der Waals surface area contributed by atoms with Gasteiger partial charge in [0.15, 0.2) is 6.23 Å². The normalized spacial score (nSPS) is 15.7. The van der Waals surface area contributed by atoms with Crippen LogP contribution in [0.4, 0.5) is 5.69 Å². The first kappa shape index (κ1) is 15.3. The molecule has 0 saturated carbocycles. The molecule has 4 rings (SSSR count). The lowest BCUT2D eigenvalue weighted by Gasteiger charge is -2.17. The molecule has 0 saturated heterocycles. The van der Waals surface area contributed by atoms with E-state index in [9.17, 15) is 0 Å². The first-order valence-corrected chi connectivity index (χ1v) is 8.42. The number of hydrogen-bond donors (Lipinski definition) is 1. The molecule has 1 aliphatic rings. The average molecular weight is 325 g/mol. The Morgan fingerprint density at radius 1 is 0.680 bits per heavy atom. The molecule has 0 bridgehead atoms. The Balaban J connectivity index is 1.67. The number of para-hydroxylation sites is 1. The summed E-state index contributed by atoms with van der Waals surface area (Å²) in [5.74, 6) is 0.880. The smallest absolute Gasteiger partial charge is 0.189 e. The summed E-state index contributed by atoms with van der Waals surface area (Å²) in [7, 11) is 0. The molecule has 1 aliphatic heterocycles. The Morgan fingerprint density at radius 3 is 1.76 bits per heavy atom. The van der Waals surface area contributed by atoms with Crippen LogP contribution in [0.2, 0.25) is 0 Å². The Labute approximate surface area is 148 Å². The van der Waals surface area contributed by atoms with Crippen molar-refractivity contribution in [3.8, 4) is 0 Å². The molecule has 3 aromatic rings. The van der Waals surface area contributed by atoms with Crippen molar-refractivity contribution < 1.29 is 4.74 Å². The third kappa shape index (κ3) is 3.48. The number of anilines is 1. The zero-order valence-corrected chi connectivity index (χ0v) is 13.8. The maximum absolute atomic E-state index is 6.19. The topological polar surface area (TPSA) is 21.3 Å². The maximum atomic E-state index is 6.19. The fourth-order valence-electron chi connectivity index (χ4n) is 2.97. The first-order chi connectivity index (χ1) is 12.4. The summed E-state index contributed by atoms with van der Waals surface area (Å²) in [5.41, 5.74) is 4.44. The van der Waals surface area contributed by atoms with Crippen LogP contribution in [0.15, 0.2) is 109 Å². The third-order valence-corrected chi connectivity index (χ3v) is 4.13. The van der Waals surface area contributed by atoms with Gasteiger partial charge in [-0.1, -0.05) is 78.9 Å². The molecule has 1 heterocycles. The Morgan fingerprint density at radius 2 is 1.20 bits per heavy atom. The van der Waals surface area contributed by atoms with Crippen LogP contribution in [0.5, 0.6) is 0 Å². The average Bonchev–Trinajstić information content (AvgIpc) is 3.12. The van der Waals surface area contributed by atoms with Gasteiger partial charge < -0.3 is 10.1 Å². The van der Waals surface area contributed by atoms with Gasteiger partial charge in [-0.3, -0.25) is 0 Å². The Hall–Kier alpha value is -3.26. The van der Waals surface area contributed by atoms with Crippen molar-refractivity contribution in [1.29, 1.82) is 0 Å². The van der Waals surface area contributed by atoms with E-state index in [1.54, 1.807) is 0 Å². The minimum atomic E-state index is -0.167. The standard InChI is InChI=1S/C23H19NO/c1-4-10-18(11-5-1)23(19-12-6-2-7-13-19)21-16-17-22(25-21)24-20-14-8-3-9-15-20/h1-17,22,24H. The molecule has 0 aliphatic carbocycles. The number of nitrogens with one attached hydrogen (secondary N) is 1. The highest BCUT2D eigenvalue weighted by Crippen LogP contribution is 2.31. The molecule has 0 radical (unpaired) electrons. The highest BCUT2D eigenvalue weighted by Gasteiger charge is 2.19. The fourth-order valence-corrected chi connectivity index (χ4v) is 2.97. The number of ether oxygens (including phenoxy) is 1. The summed E-state index contributed by atoms with van der Waals surface area (Å²) >= 11 is 0. The van der Waals surface area contributed by atoms with E-state index in [2.05, 4.69) is 59.9 Å². The largest absolute Gasteiger partial charge is 0.466 e. The molecular formula is C23H19NO. The van der Waals surface area contributed by atoms with Crippen LogP contribution in [0, 0.1) is 0 Å². The molecule has 1 atom stereocenters. The monoisotopic (exact) mass is 325 g/mol. The fraction of sp³-hybridized carbons (Fsp3) is 0.0435. The van der Waals surface area contributed by atoms with Gasteiger partial charge in [0.25, 0.3) is 0 Å². The lowest BCUT2D eigenvalue weighted by atomic mass is 9.97. The van der Waals surface area contributed by atoms with Crippen molar-refractivity contribution >= 4 is 11.3 Å². The summed E-state index contributed by atoms with van der Waals surface area (Å²) in [4.78, 5) is 0. The maximum Gasteiger partial charge on any atom is 0.189 e. The van der Waals surface area contributed by atoms with E-state index >= 15 is 0 Å². The van der Waals surface area contributed by atoms with E-state index in [1.165, 1.54) is 0 Å². The lowest BCUT2D eigenvalue weighted by molar-refractivity contribution is 0.207. The molecule has 25 heavy (non-hydrogen) atoms. The van der Waals surface area contributed by atoms with Crippen molar-refractivity contribution in [1.82, 2.24) is 0 Å². The van der Waals surface area contributed by atoms with Crippen molar-refractivity contribution in [3.05, 3.63) is 120 Å². The number of allylic oxidation sites excluding steroid dienone is 1. The van der Waals surface area contributed by atoms with Crippen molar-refractivity contribution in [2.24, 2.45) is 0 Å². The zero-order valence-electron chi connectivity index (χ0n) is 13.8. The van der Waals surface area contributed by atoms with E-state index in [4.69, 9.17) is 4.74 Å². The highest BCUT2D eigenvalue weighted by molar-refractivity contribution is 5.83. The van der Waals surface area contributed by atoms with Crippen LogP contribution in [0.25, 0.3) is 5.57 Å². The number of benzene rings is 3. The van der Waals surface area contributed by atoms with Crippen molar-refractivity contribution in [2.45, 2.75) is 6.23 Å². The minimum absolute atomic E-state index is 0.167.